The van der Waals surface area contributed by atoms with Gasteiger partial charge < -0.3 is 0 Å². The van der Waals surface area contributed by atoms with Crippen molar-refractivity contribution in [3.63, 3.8) is 0 Å². The molecular weight excluding hydrogens is 180 g/mol. The van der Waals surface area contributed by atoms with Crippen molar-refractivity contribution >= 4 is 0 Å². The summed E-state index contributed by atoms with van der Waals surface area (Å²) in [6, 6.07) is 0. The van der Waals surface area contributed by atoms with E-state index in [2.05, 4.69) is 25.0 Å². The molecule has 0 aromatic carbocycles. The third kappa shape index (κ3) is 13.3. The van der Waals surface area contributed by atoms with Crippen LogP contribution in [0.3, 0.4) is 0 Å². The number of rotatable bonds is 10. The molecule has 0 rings (SSSR count). The van der Waals surface area contributed by atoms with Gasteiger partial charge in [0.2, 0.25) is 0 Å². The van der Waals surface area contributed by atoms with Gasteiger partial charge in [0.25, 0.3) is 0 Å². The van der Waals surface area contributed by atoms with Crippen molar-refractivity contribution < 1.29 is 0 Å². The van der Waals surface area contributed by atoms with Crippen LogP contribution in [0.25, 0.3) is 0 Å². The Morgan fingerprint density at radius 2 is 1.47 bits per heavy atom. The first-order chi connectivity index (χ1) is 7.41. The Balaban J connectivity index is 3.01. The lowest BCUT2D eigenvalue weighted by Gasteiger charge is -1.95. The van der Waals surface area contributed by atoms with Crippen LogP contribution in [-0.2, 0) is 0 Å². The summed E-state index contributed by atoms with van der Waals surface area (Å²) in [5, 5.41) is 0. The van der Waals surface area contributed by atoms with Crippen molar-refractivity contribution in [1.82, 2.24) is 0 Å². The Hall–Kier alpha value is -0.700. The number of terminal acetylenes is 1. The van der Waals surface area contributed by atoms with Crippen molar-refractivity contribution in [3.05, 3.63) is 12.2 Å². The molecule has 0 aliphatic rings. The van der Waals surface area contributed by atoms with Gasteiger partial charge in [-0.25, -0.2) is 0 Å². The number of allylic oxidation sites excluding steroid dienone is 2. The second-order valence-corrected chi connectivity index (χ2v) is 4.12. The van der Waals surface area contributed by atoms with E-state index in [4.69, 9.17) is 6.42 Å². The lowest BCUT2D eigenvalue weighted by molar-refractivity contribution is 0.671. The first kappa shape index (κ1) is 14.3. The minimum Gasteiger partial charge on any atom is -0.120 e. The van der Waals surface area contributed by atoms with Crippen molar-refractivity contribution in [3.8, 4) is 12.3 Å². The maximum Gasteiger partial charge on any atom is 0.00860 e. The fraction of sp³-hybridized carbons (Fsp3) is 0.733. The zero-order valence-electron chi connectivity index (χ0n) is 10.3. The molecule has 0 bridgehead atoms. The monoisotopic (exact) mass is 206 g/mol. The highest BCUT2D eigenvalue weighted by atomic mass is 13.9. The molecule has 0 N–H and O–H groups in total. The lowest BCUT2D eigenvalue weighted by Crippen LogP contribution is -1.76. The minimum atomic E-state index is 0.945. The lowest BCUT2D eigenvalue weighted by atomic mass is 10.1. The second kappa shape index (κ2) is 13.3. The highest BCUT2D eigenvalue weighted by Crippen LogP contribution is 2.06. The molecule has 0 aliphatic carbocycles. The molecule has 0 unspecified atom stereocenters. The van der Waals surface area contributed by atoms with Gasteiger partial charge in [0.15, 0.2) is 0 Å². The van der Waals surface area contributed by atoms with Crippen LogP contribution in [-0.4, -0.2) is 0 Å². The molecule has 0 radical (unpaired) electrons. The molecule has 0 spiro atoms. The molecule has 0 heterocycles. The molecule has 0 aromatic rings. The quantitative estimate of drug-likeness (QED) is 0.265. The predicted molar refractivity (Wildman–Crippen MR) is 69.8 cm³/mol. The molecule has 0 amide bonds. The summed E-state index contributed by atoms with van der Waals surface area (Å²) in [6.45, 7) is 2.26. The van der Waals surface area contributed by atoms with Gasteiger partial charge in [-0.15, -0.1) is 12.3 Å². The van der Waals surface area contributed by atoms with Gasteiger partial charge in [-0.1, -0.05) is 44.8 Å². The van der Waals surface area contributed by atoms with Crippen molar-refractivity contribution in [2.24, 2.45) is 0 Å². The molecule has 86 valence electrons. The average molecular weight is 206 g/mol. The zero-order chi connectivity index (χ0) is 11.2. The molecule has 15 heavy (non-hydrogen) atoms. The van der Waals surface area contributed by atoms with E-state index in [1.54, 1.807) is 0 Å². The first-order valence-electron chi connectivity index (χ1n) is 6.50. The second-order valence-electron chi connectivity index (χ2n) is 4.12. The molecule has 0 aliphatic heterocycles. The summed E-state index contributed by atoms with van der Waals surface area (Å²) in [5.74, 6) is 2.68. The van der Waals surface area contributed by atoms with Gasteiger partial charge in [0.1, 0.15) is 0 Å². The maximum absolute atomic E-state index is 5.18. The summed E-state index contributed by atoms with van der Waals surface area (Å²) in [5.41, 5.74) is 0. The molecule has 0 fully saturated rings. The van der Waals surface area contributed by atoms with Gasteiger partial charge in [-0.3, -0.25) is 0 Å². The standard InChI is InChI=1S/C15H26/c1-3-5-7-9-11-13-15-14-12-10-8-6-4-2/h1,14-15H,4-13H2,2H3/b15-14+. The number of hydrogen-bond donors (Lipinski definition) is 0. The van der Waals surface area contributed by atoms with E-state index in [1.165, 1.54) is 57.8 Å². The Morgan fingerprint density at radius 3 is 2.00 bits per heavy atom. The molecule has 0 heteroatoms. The van der Waals surface area contributed by atoms with Gasteiger partial charge in [-0.05, 0) is 32.1 Å². The summed E-state index contributed by atoms with van der Waals surface area (Å²) in [4.78, 5) is 0. The van der Waals surface area contributed by atoms with Crippen molar-refractivity contribution in [1.29, 1.82) is 0 Å². The summed E-state index contributed by atoms with van der Waals surface area (Å²) >= 11 is 0. The van der Waals surface area contributed by atoms with Crippen LogP contribution in [0, 0.1) is 12.3 Å². The Kier molecular flexibility index (Phi) is 12.7. The van der Waals surface area contributed by atoms with Crippen LogP contribution in [0.2, 0.25) is 0 Å². The van der Waals surface area contributed by atoms with E-state index < -0.39 is 0 Å². The normalized spacial score (nSPS) is 10.7. The van der Waals surface area contributed by atoms with E-state index >= 15 is 0 Å². The van der Waals surface area contributed by atoms with E-state index in [-0.39, 0.29) is 0 Å². The molecule has 0 aromatic heterocycles. The predicted octanol–water partition coefficient (Wildman–Crippen LogP) is 5.10. The summed E-state index contributed by atoms with van der Waals surface area (Å²) < 4.78 is 0. The SMILES string of the molecule is C#CCCCCC/C=C/CCCCCC. The van der Waals surface area contributed by atoms with Gasteiger partial charge in [0.05, 0.1) is 0 Å². The third-order valence-electron chi connectivity index (χ3n) is 2.58. The molecule has 0 nitrogen and oxygen atoms in total. The fourth-order valence-corrected chi connectivity index (χ4v) is 1.59. The van der Waals surface area contributed by atoms with E-state index in [9.17, 15) is 0 Å². The summed E-state index contributed by atoms with van der Waals surface area (Å²) in [6.07, 6.45) is 22.6. The molecular formula is C15H26. The smallest absolute Gasteiger partial charge is 0.00860 e. The molecule has 0 saturated carbocycles. The topological polar surface area (TPSA) is 0 Å². The van der Waals surface area contributed by atoms with E-state index in [0.717, 1.165) is 6.42 Å². The fourth-order valence-electron chi connectivity index (χ4n) is 1.59. The molecule has 0 saturated heterocycles. The average Bonchev–Trinajstić information content (AvgIpc) is 2.26. The number of hydrogen-bond acceptors (Lipinski definition) is 0. The Morgan fingerprint density at radius 1 is 0.867 bits per heavy atom. The van der Waals surface area contributed by atoms with Crippen LogP contribution >= 0.6 is 0 Å². The Labute approximate surface area is 96.2 Å². The van der Waals surface area contributed by atoms with Crippen LogP contribution in [0.4, 0.5) is 0 Å². The zero-order valence-corrected chi connectivity index (χ0v) is 10.3. The Bertz CT molecular complexity index is 171. The van der Waals surface area contributed by atoms with Gasteiger partial charge in [0, 0.05) is 6.42 Å². The first-order valence-corrected chi connectivity index (χ1v) is 6.50. The van der Waals surface area contributed by atoms with Crippen LogP contribution in [0.5, 0.6) is 0 Å². The van der Waals surface area contributed by atoms with Crippen LogP contribution in [0.15, 0.2) is 12.2 Å². The van der Waals surface area contributed by atoms with E-state index in [1.807, 2.05) is 0 Å². The highest BCUT2D eigenvalue weighted by molar-refractivity contribution is 4.84. The van der Waals surface area contributed by atoms with Crippen molar-refractivity contribution in [2.75, 3.05) is 0 Å². The minimum absolute atomic E-state index is 0.945. The van der Waals surface area contributed by atoms with Crippen molar-refractivity contribution in [2.45, 2.75) is 71.1 Å². The third-order valence-corrected chi connectivity index (χ3v) is 2.58. The largest absolute Gasteiger partial charge is 0.120 e. The number of unbranched alkanes of at least 4 members (excludes halogenated alkanes) is 8. The summed E-state index contributed by atoms with van der Waals surface area (Å²) in [7, 11) is 0. The van der Waals surface area contributed by atoms with E-state index in [0.29, 0.717) is 0 Å². The van der Waals surface area contributed by atoms with Crippen LogP contribution in [0.1, 0.15) is 71.1 Å². The molecule has 0 atom stereocenters. The maximum atomic E-state index is 5.18. The van der Waals surface area contributed by atoms with Crippen LogP contribution < -0.4 is 0 Å². The van der Waals surface area contributed by atoms with Gasteiger partial charge >= 0.3 is 0 Å². The highest BCUT2D eigenvalue weighted by Gasteiger charge is 1.86. The van der Waals surface area contributed by atoms with Gasteiger partial charge in [-0.2, -0.15) is 0 Å².